The Morgan fingerprint density at radius 3 is 3.09 bits per heavy atom. The molecular formula is C8H15NO2. The molecule has 2 fully saturated rings. The number of likely N-dealkylation sites (N-methyl/N-ethyl adjacent to an activating group) is 1. The number of aliphatic hydroxyl groups is 1. The fourth-order valence-corrected chi connectivity index (χ4v) is 2.34. The molecule has 0 unspecified atom stereocenters. The minimum absolute atomic E-state index is 0.279. The van der Waals surface area contributed by atoms with Crippen LogP contribution in [0.3, 0.4) is 0 Å². The standard InChI is InChI=1S/C8H15NO2/c1-9-2-6-4-11-5-7(6)8(9)3-10/h6-8,10H,2-5H2,1H3/t6-,7+,8-/m1/s1. The van der Waals surface area contributed by atoms with Gasteiger partial charge in [0.15, 0.2) is 0 Å². The highest BCUT2D eigenvalue weighted by atomic mass is 16.5. The summed E-state index contributed by atoms with van der Waals surface area (Å²) in [5.41, 5.74) is 0. The smallest absolute Gasteiger partial charge is 0.0590 e. The van der Waals surface area contributed by atoms with Crippen molar-refractivity contribution in [2.45, 2.75) is 6.04 Å². The number of aliphatic hydroxyl groups excluding tert-OH is 1. The predicted molar refractivity (Wildman–Crippen MR) is 41.3 cm³/mol. The third-order valence-electron chi connectivity index (χ3n) is 3.02. The van der Waals surface area contributed by atoms with Crippen LogP contribution in [0.4, 0.5) is 0 Å². The van der Waals surface area contributed by atoms with Gasteiger partial charge in [0.25, 0.3) is 0 Å². The van der Waals surface area contributed by atoms with Gasteiger partial charge in [-0.1, -0.05) is 0 Å². The average Bonchev–Trinajstić information content (AvgIpc) is 2.46. The van der Waals surface area contributed by atoms with Gasteiger partial charge < -0.3 is 14.7 Å². The predicted octanol–water partition coefficient (Wildman–Crippen LogP) is -0.445. The third-order valence-corrected chi connectivity index (χ3v) is 3.02. The Kier molecular flexibility index (Phi) is 1.87. The van der Waals surface area contributed by atoms with Crippen molar-refractivity contribution in [2.24, 2.45) is 11.8 Å². The summed E-state index contributed by atoms with van der Waals surface area (Å²) in [5.74, 6) is 1.27. The maximum atomic E-state index is 9.09. The van der Waals surface area contributed by atoms with Crippen LogP contribution >= 0.6 is 0 Å². The molecule has 0 amide bonds. The quantitative estimate of drug-likeness (QED) is 0.560. The minimum Gasteiger partial charge on any atom is -0.395 e. The Balaban J connectivity index is 2.07. The Hall–Kier alpha value is -0.120. The molecular weight excluding hydrogens is 142 g/mol. The SMILES string of the molecule is CN1C[C@@H]2COC[C@@H]2[C@H]1CO. The van der Waals surface area contributed by atoms with E-state index in [1.807, 2.05) is 0 Å². The third kappa shape index (κ3) is 1.08. The van der Waals surface area contributed by atoms with Crippen molar-refractivity contribution in [3.8, 4) is 0 Å². The normalized spacial score (nSPS) is 44.7. The number of hydrogen-bond donors (Lipinski definition) is 1. The molecule has 0 aromatic heterocycles. The first-order valence-electron chi connectivity index (χ1n) is 4.21. The second-order valence-electron chi connectivity index (χ2n) is 3.65. The van der Waals surface area contributed by atoms with Gasteiger partial charge in [0, 0.05) is 24.4 Å². The fourth-order valence-electron chi connectivity index (χ4n) is 2.34. The second kappa shape index (κ2) is 2.73. The highest BCUT2D eigenvalue weighted by molar-refractivity contribution is 4.93. The summed E-state index contributed by atoms with van der Waals surface area (Å²) in [4.78, 5) is 2.25. The van der Waals surface area contributed by atoms with Crippen LogP contribution in [0.5, 0.6) is 0 Å². The van der Waals surface area contributed by atoms with Gasteiger partial charge in [-0.25, -0.2) is 0 Å². The van der Waals surface area contributed by atoms with E-state index in [0.29, 0.717) is 17.9 Å². The summed E-state index contributed by atoms with van der Waals surface area (Å²) >= 11 is 0. The molecule has 0 radical (unpaired) electrons. The van der Waals surface area contributed by atoms with Crippen molar-refractivity contribution in [3.05, 3.63) is 0 Å². The summed E-state index contributed by atoms with van der Waals surface area (Å²) < 4.78 is 5.35. The van der Waals surface area contributed by atoms with Crippen LogP contribution in [0.2, 0.25) is 0 Å². The van der Waals surface area contributed by atoms with Crippen molar-refractivity contribution in [2.75, 3.05) is 33.4 Å². The van der Waals surface area contributed by atoms with Gasteiger partial charge in [0.05, 0.1) is 19.8 Å². The Morgan fingerprint density at radius 2 is 2.36 bits per heavy atom. The fraction of sp³-hybridized carbons (Fsp3) is 1.00. The van der Waals surface area contributed by atoms with Crippen LogP contribution in [0.15, 0.2) is 0 Å². The first-order valence-corrected chi connectivity index (χ1v) is 4.21. The second-order valence-corrected chi connectivity index (χ2v) is 3.65. The number of nitrogens with zero attached hydrogens (tertiary/aromatic N) is 1. The van der Waals surface area contributed by atoms with Gasteiger partial charge in [-0.15, -0.1) is 0 Å². The zero-order chi connectivity index (χ0) is 7.84. The molecule has 3 heteroatoms. The van der Waals surface area contributed by atoms with E-state index in [0.717, 1.165) is 19.8 Å². The number of rotatable bonds is 1. The molecule has 2 rings (SSSR count). The lowest BCUT2D eigenvalue weighted by atomic mass is 9.95. The first-order chi connectivity index (χ1) is 5.33. The molecule has 2 aliphatic heterocycles. The van der Waals surface area contributed by atoms with Crippen molar-refractivity contribution >= 4 is 0 Å². The molecule has 64 valence electrons. The zero-order valence-corrected chi connectivity index (χ0v) is 6.86. The van der Waals surface area contributed by atoms with E-state index in [4.69, 9.17) is 9.84 Å². The molecule has 11 heavy (non-hydrogen) atoms. The summed E-state index contributed by atoms with van der Waals surface area (Å²) in [7, 11) is 2.08. The van der Waals surface area contributed by atoms with Gasteiger partial charge in [-0.2, -0.15) is 0 Å². The number of ether oxygens (including phenoxy) is 1. The minimum atomic E-state index is 0.279. The number of fused-ring (bicyclic) bond motifs is 1. The van der Waals surface area contributed by atoms with Crippen LogP contribution in [0, 0.1) is 11.8 Å². The van der Waals surface area contributed by atoms with E-state index in [1.165, 1.54) is 0 Å². The number of likely N-dealkylation sites (tertiary alicyclic amines) is 1. The van der Waals surface area contributed by atoms with Crippen LogP contribution in [-0.4, -0.2) is 49.5 Å². The molecule has 3 nitrogen and oxygen atoms in total. The lowest BCUT2D eigenvalue weighted by Gasteiger charge is -2.20. The van der Waals surface area contributed by atoms with E-state index in [-0.39, 0.29) is 6.61 Å². The molecule has 2 heterocycles. The van der Waals surface area contributed by atoms with E-state index >= 15 is 0 Å². The van der Waals surface area contributed by atoms with E-state index in [2.05, 4.69) is 11.9 Å². The van der Waals surface area contributed by atoms with Crippen LogP contribution in [0.1, 0.15) is 0 Å². The van der Waals surface area contributed by atoms with Crippen molar-refractivity contribution in [3.63, 3.8) is 0 Å². The lowest BCUT2D eigenvalue weighted by molar-refractivity contribution is 0.110. The van der Waals surface area contributed by atoms with E-state index in [9.17, 15) is 0 Å². The molecule has 0 saturated carbocycles. The molecule has 0 aromatic carbocycles. The van der Waals surface area contributed by atoms with Crippen molar-refractivity contribution in [1.82, 2.24) is 4.90 Å². The topological polar surface area (TPSA) is 32.7 Å². The maximum absolute atomic E-state index is 9.09. The lowest BCUT2D eigenvalue weighted by Crippen LogP contribution is -2.33. The van der Waals surface area contributed by atoms with Crippen LogP contribution in [0.25, 0.3) is 0 Å². The highest BCUT2D eigenvalue weighted by Gasteiger charge is 2.42. The van der Waals surface area contributed by atoms with Crippen molar-refractivity contribution < 1.29 is 9.84 Å². The molecule has 0 aliphatic carbocycles. The molecule has 2 saturated heterocycles. The summed E-state index contributed by atoms with van der Waals surface area (Å²) in [6, 6.07) is 0.350. The van der Waals surface area contributed by atoms with Gasteiger partial charge in [0.1, 0.15) is 0 Å². The molecule has 0 aromatic rings. The average molecular weight is 157 g/mol. The maximum Gasteiger partial charge on any atom is 0.0590 e. The first kappa shape index (κ1) is 7.53. The molecule has 0 bridgehead atoms. The molecule has 0 spiro atoms. The number of hydrogen-bond acceptors (Lipinski definition) is 3. The van der Waals surface area contributed by atoms with Crippen LogP contribution in [-0.2, 0) is 4.74 Å². The monoisotopic (exact) mass is 157 g/mol. The Labute approximate surface area is 66.9 Å². The van der Waals surface area contributed by atoms with E-state index in [1.54, 1.807) is 0 Å². The van der Waals surface area contributed by atoms with Gasteiger partial charge in [-0.3, -0.25) is 0 Å². The summed E-state index contributed by atoms with van der Waals surface area (Å²) in [6.45, 7) is 3.11. The zero-order valence-electron chi connectivity index (χ0n) is 6.86. The Bertz CT molecular complexity index is 151. The van der Waals surface area contributed by atoms with Crippen molar-refractivity contribution in [1.29, 1.82) is 0 Å². The Morgan fingerprint density at radius 1 is 1.55 bits per heavy atom. The molecule has 1 N–H and O–H groups in total. The largest absolute Gasteiger partial charge is 0.395 e. The molecule has 3 atom stereocenters. The van der Waals surface area contributed by atoms with Gasteiger partial charge >= 0.3 is 0 Å². The highest BCUT2D eigenvalue weighted by Crippen LogP contribution is 2.33. The summed E-state index contributed by atoms with van der Waals surface area (Å²) in [5, 5.41) is 9.09. The van der Waals surface area contributed by atoms with Gasteiger partial charge in [0.2, 0.25) is 0 Å². The molecule has 2 aliphatic rings. The summed E-state index contributed by atoms with van der Waals surface area (Å²) in [6.07, 6.45) is 0. The van der Waals surface area contributed by atoms with Gasteiger partial charge in [-0.05, 0) is 7.05 Å². The van der Waals surface area contributed by atoms with E-state index < -0.39 is 0 Å². The van der Waals surface area contributed by atoms with Crippen LogP contribution < -0.4 is 0 Å².